The predicted octanol–water partition coefficient (Wildman–Crippen LogP) is 1.07. The first-order chi connectivity index (χ1) is 4.96. The molecule has 0 amide bonds. The van der Waals surface area contributed by atoms with Gasteiger partial charge in [-0.25, -0.2) is 0 Å². The largest absolute Gasteiger partial charge is 0.392 e. The van der Waals surface area contributed by atoms with Crippen LogP contribution in [0.4, 0.5) is 13.2 Å². The highest BCUT2D eigenvalue weighted by molar-refractivity contribution is 5.03. The van der Waals surface area contributed by atoms with Crippen molar-refractivity contribution in [1.82, 2.24) is 0 Å². The van der Waals surface area contributed by atoms with Crippen molar-refractivity contribution in [3.05, 3.63) is 0 Å². The fraction of sp³-hybridized carbons (Fsp3) is 0.833. The molecule has 0 heterocycles. The van der Waals surface area contributed by atoms with Crippen LogP contribution < -0.4 is 0 Å². The van der Waals surface area contributed by atoms with Crippen LogP contribution in [0.3, 0.4) is 0 Å². The van der Waals surface area contributed by atoms with Gasteiger partial charge in [-0.2, -0.15) is 18.4 Å². The molecule has 0 radical (unpaired) electrons. The monoisotopic (exact) mass is 165 g/mol. The molecule has 2 nitrogen and oxygen atoms in total. The van der Waals surface area contributed by atoms with E-state index in [4.69, 9.17) is 10.4 Å². The summed E-state index contributed by atoms with van der Waals surface area (Å²) in [5.41, 5.74) is 0. The van der Waals surface area contributed by atoms with Crippen LogP contribution in [-0.4, -0.2) is 17.4 Å². The molecule has 5 heteroatoms. The highest BCUT2D eigenvalue weighted by atomic mass is 19.4. The minimum absolute atomic E-state index is 0.113. The average molecular weight is 165 g/mol. The molecule has 1 aliphatic carbocycles. The summed E-state index contributed by atoms with van der Waals surface area (Å²) in [5.74, 6) is -2.35. The maximum atomic E-state index is 11.8. The van der Waals surface area contributed by atoms with E-state index in [1.165, 1.54) is 6.07 Å². The third-order valence-electron chi connectivity index (χ3n) is 1.80. The Morgan fingerprint density at radius 2 is 2.09 bits per heavy atom. The Labute approximate surface area is 61.2 Å². The lowest BCUT2D eigenvalue weighted by Crippen LogP contribution is -2.17. The van der Waals surface area contributed by atoms with Crippen LogP contribution in [0, 0.1) is 23.2 Å². The number of hydrogen-bond donors (Lipinski definition) is 1. The Morgan fingerprint density at radius 1 is 1.55 bits per heavy atom. The van der Waals surface area contributed by atoms with Crippen molar-refractivity contribution < 1.29 is 18.3 Å². The topological polar surface area (TPSA) is 44.0 Å². The van der Waals surface area contributed by atoms with Gasteiger partial charge < -0.3 is 5.11 Å². The van der Waals surface area contributed by atoms with Crippen molar-refractivity contribution in [2.45, 2.75) is 18.7 Å². The standard InChI is InChI=1S/C6H6F3NO/c7-6(8,9)4-1-3(4)5(11)2-10/h3-5,11H,1H2. The zero-order valence-electron chi connectivity index (χ0n) is 5.47. The Morgan fingerprint density at radius 3 is 2.36 bits per heavy atom. The van der Waals surface area contributed by atoms with Crippen LogP contribution in [0.2, 0.25) is 0 Å². The number of hydrogen-bond acceptors (Lipinski definition) is 2. The summed E-state index contributed by atoms with van der Waals surface area (Å²) in [5, 5.41) is 16.7. The number of alkyl halides is 3. The van der Waals surface area contributed by atoms with Gasteiger partial charge >= 0.3 is 6.18 Å². The van der Waals surface area contributed by atoms with Gasteiger partial charge in [0.25, 0.3) is 0 Å². The minimum atomic E-state index is -4.25. The van der Waals surface area contributed by atoms with Crippen molar-refractivity contribution in [2.75, 3.05) is 0 Å². The molecule has 1 saturated carbocycles. The minimum Gasteiger partial charge on any atom is -0.378 e. The van der Waals surface area contributed by atoms with Gasteiger partial charge in [-0.1, -0.05) is 0 Å². The first-order valence-corrected chi connectivity index (χ1v) is 3.11. The van der Waals surface area contributed by atoms with E-state index in [-0.39, 0.29) is 6.42 Å². The summed E-state index contributed by atoms with van der Waals surface area (Å²) in [6.07, 6.45) is -5.82. The van der Waals surface area contributed by atoms with Crippen molar-refractivity contribution in [2.24, 2.45) is 11.8 Å². The molecule has 0 bridgehead atoms. The molecule has 0 saturated heterocycles. The van der Waals surface area contributed by atoms with Crippen LogP contribution in [0.15, 0.2) is 0 Å². The molecule has 1 rings (SSSR count). The Bertz CT molecular complexity index is 195. The fourth-order valence-corrected chi connectivity index (χ4v) is 1.04. The van der Waals surface area contributed by atoms with Gasteiger partial charge in [-0.3, -0.25) is 0 Å². The molecule has 1 fully saturated rings. The summed E-state index contributed by atoms with van der Waals surface area (Å²) in [6, 6.07) is 1.38. The van der Waals surface area contributed by atoms with Crippen molar-refractivity contribution in [3.63, 3.8) is 0 Å². The van der Waals surface area contributed by atoms with Gasteiger partial charge in [0, 0.05) is 5.92 Å². The molecule has 1 N–H and O–H groups in total. The van der Waals surface area contributed by atoms with E-state index in [9.17, 15) is 13.2 Å². The maximum Gasteiger partial charge on any atom is 0.392 e. The maximum absolute atomic E-state index is 11.8. The smallest absolute Gasteiger partial charge is 0.378 e. The molecule has 0 aromatic heterocycles. The summed E-state index contributed by atoms with van der Waals surface area (Å²) < 4.78 is 35.3. The zero-order chi connectivity index (χ0) is 8.65. The fourth-order valence-electron chi connectivity index (χ4n) is 1.04. The lowest BCUT2D eigenvalue weighted by molar-refractivity contribution is -0.153. The molecular formula is C6H6F3NO. The molecule has 3 unspecified atom stereocenters. The first-order valence-electron chi connectivity index (χ1n) is 3.11. The van der Waals surface area contributed by atoms with E-state index in [2.05, 4.69) is 0 Å². The van der Waals surface area contributed by atoms with Crippen molar-refractivity contribution in [1.29, 1.82) is 5.26 Å². The summed E-state index contributed by atoms with van der Waals surface area (Å²) in [4.78, 5) is 0. The third-order valence-corrected chi connectivity index (χ3v) is 1.80. The number of rotatable bonds is 1. The molecular weight excluding hydrogens is 159 g/mol. The van der Waals surface area contributed by atoms with E-state index >= 15 is 0 Å². The van der Waals surface area contributed by atoms with E-state index in [1.807, 2.05) is 0 Å². The Balaban J connectivity index is 2.45. The van der Waals surface area contributed by atoms with Crippen LogP contribution in [-0.2, 0) is 0 Å². The summed E-state index contributed by atoms with van der Waals surface area (Å²) in [7, 11) is 0. The number of nitriles is 1. The second-order valence-electron chi connectivity index (χ2n) is 2.62. The van der Waals surface area contributed by atoms with Gasteiger partial charge in [0.05, 0.1) is 12.0 Å². The highest BCUT2D eigenvalue weighted by Crippen LogP contribution is 2.51. The molecule has 3 atom stereocenters. The molecule has 1 aliphatic rings. The number of nitrogens with zero attached hydrogens (tertiary/aromatic N) is 1. The molecule has 0 spiro atoms. The third kappa shape index (κ3) is 1.63. The second-order valence-corrected chi connectivity index (χ2v) is 2.62. The van der Waals surface area contributed by atoms with Crippen LogP contribution >= 0.6 is 0 Å². The SMILES string of the molecule is N#CC(O)C1CC1C(F)(F)F. The van der Waals surface area contributed by atoms with Crippen LogP contribution in [0.1, 0.15) is 6.42 Å². The highest BCUT2D eigenvalue weighted by Gasteiger charge is 2.58. The normalized spacial score (nSPS) is 32.6. The van der Waals surface area contributed by atoms with E-state index < -0.39 is 24.1 Å². The number of aliphatic hydroxyl groups excluding tert-OH is 1. The molecule has 0 aliphatic heterocycles. The van der Waals surface area contributed by atoms with Gasteiger partial charge in [-0.05, 0) is 6.42 Å². The van der Waals surface area contributed by atoms with E-state index in [0.29, 0.717) is 0 Å². The van der Waals surface area contributed by atoms with Crippen molar-refractivity contribution >= 4 is 0 Å². The van der Waals surface area contributed by atoms with Gasteiger partial charge in [0.1, 0.15) is 6.10 Å². The lowest BCUT2D eigenvalue weighted by atomic mass is 10.2. The molecule has 62 valence electrons. The molecule has 0 aromatic rings. The van der Waals surface area contributed by atoms with Crippen molar-refractivity contribution in [3.8, 4) is 6.07 Å². The zero-order valence-corrected chi connectivity index (χ0v) is 5.47. The van der Waals surface area contributed by atoms with Gasteiger partial charge in [0.2, 0.25) is 0 Å². The number of aliphatic hydroxyl groups is 1. The second kappa shape index (κ2) is 2.38. The summed E-state index contributed by atoms with van der Waals surface area (Å²) >= 11 is 0. The van der Waals surface area contributed by atoms with E-state index in [0.717, 1.165) is 0 Å². The van der Waals surface area contributed by atoms with Crippen LogP contribution in [0.25, 0.3) is 0 Å². The van der Waals surface area contributed by atoms with E-state index in [1.54, 1.807) is 0 Å². The predicted molar refractivity (Wildman–Crippen MR) is 29.3 cm³/mol. The molecule has 11 heavy (non-hydrogen) atoms. The Kier molecular flexibility index (Phi) is 1.80. The number of halogens is 3. The van der Waals surface area contributed by atoms with Gasteiger partial charge in [0.15, 0.2) is 0 Å². The average Bonchev–Trinajstić information content (AvgIpc) is 2.62. The quantitative estimate of drug-likeness (QED) is 0.590. The first kappa shape index (κ1) is 8.34. The van der Waals surface area contributed by atoms with Gasteiger partial charge in [-0.15, -0.1) is 0 Å². The lowest BCUT2D eigenvalue weighted by Gasteiger charge is -2.04. The Hall–Kier alpha value is -0.760. The van der Waals surface area contributed by atoms with Crippen LogP contribution in [0.5, 0.6) is 0 Å². The summed E-state index contributed by atoms with van der Waals surface area (Å²) in [6.45, 7) is 0. The molecule has 0 aromatic carbocycles.